The Morgan fingerprint density at radius 3 is 1.81 bits per heavy atom. The Morgan fingerprint density at radius 2 is 1.31 bits per heavy atom. The van der Waals surface area contributed by atoms with Crippen molar-refractivity contribution < 1.29 is 23.2 Å². The van der Waals surface area contributed by atoms with Gasteiger partial charge in [-0.25, -0.2) is 8.42 Å². The number of hydrogen-bond donors (Lipinski definition) is 2. The van der Waals surface area contributed by atoms with Crippen molar-refractivity contribution in [1.29, 1.82) is 0 Å². The van der Waals surface area contributed by atoms with E-state index < -0.39 is 36.2 Å². The van der Waals surface area contributed by atoms with Crippen LogP contribution in [0, 0.1) is 30.3 Å². The summed E-state index contributed by atoms with van der Waals surface area (Å²) < 4.78 is 24.2. The van der Waals surface area contributed by atoms with Gasteiger partial charge in [-0.3, -0.25) is 30.3 Å². The molecule has 13 nitrogen and oxygen atoms in total. The van der Waals surface area contributed by atoms with Crippen LogP contribution in [0.3, 0.4) is 0 Å². The number of nitro groups is 3. The molecule has 0 fully saturated rings. The van der Waals surface area contributed by atoms with Crippen LogP contribution in [-0.4, -0.2) is 23.2 Å². The fraction of sp³-hybridized carbons (Fsp3) is 0. The SMILES string of the molecule is O=[N+]([O-])c1ccc(S(=O)(=O)NNc2ccc([N+](=O)[O-])cc2[N+](=O)[O-])cc1. The van der Waals surface area contributed by atoms with Crippen molar-refractivity contribution >= 4 is 32.8 Å². The largest absolute Gasteiger partial charge is 0.302 e. The molecule has 26 heavy (non-hydrogen) atoms. The van der Waals surface area contributed by atoms with Gasteiger partial charge in [0.1, 0.15) is 5.69 Å². The van der Waals surface area contributed by atoms with Crippen LogP contribution in [-0.2, 0) is 10.0 Å². The van der Waals surface area contributed by atoms with E-state index in [0.29, 0.717) is 6.07 Å². The molecule has 0 aromatic heterocycles. The van der Waals surface area contributed by atoms with Gasteiger partial charge in [0, 0.05) is 18.2 Å². The first-order valence-corrected chi connectivity index (χ1v) is 8.05. The molecule has 0 amide bonds. The third-order valence-corrected chi connectivity index (χ3v) is 4.33. The summed E-state index contributed by atoms with van der Waals surface area (Å²) in [5.41, 5.74) is 0.198. The number of hydrazine groups is 1. The van der Waals surface area contributed by atoms with Gasteiger partial charge in [-0.1, -0.05) is 0 Å². The molecule has 2 aromatic rings. The van der Waals surface area contributed by atoms with E-state index in [1.54, 1.807) is 0 Å². The molecule has 14 heteroatoms. The summed E-state index contributed by atoms with van der Waals surface area (Å²) in [5.74, 6) is 0. The second-order valence-corrected chi connectivity index (χ2v) is 6.38. The molecule has 0 saturated heterocycles. The first kappa shape index (κ1) is 18.7. The lowest BCUT2D eigenvalue weighted by Gasteiger charge is -2.09. The molecule has 2 aromatic carbocycles. The van der Waals surface area contributed by atoms with Crippen molar-refractivity contribution in [2.45, 2.75) is 4.90 Å². The predicted molar refractivity (Wildman–Crippen MR) is 86.8 cm³/mol. The molecule has 0 unspecified atom stereocenters. The molecular formula is C12H9N5O8S. The molecule has 0 aliphatic heterocycles. The quantitative estimate of drug-likeness (QED) is 0.529. The van der Waals surface area contributed by atoms with Gasteiger partial charge >= 0.3 is 5.69 Å². The van der Waals surface area contributed by atoms with Gasteiger partial charge in [-0.05, 0) is 18.2 Å². The van der Waals surface area contributed by atoms with Crippen molar-refractivity contribution in [3.8, 4) is 0 Å². The summed E-state index contributed by atoms with van der Waals surface area (Å²) in [6.07, 6.45) is 0. The maximum Gasteiger partial charge on any atom is 0.300 e. The molecule has 0 saturated carbocycles. The number of hydrogen-bond acceptors (Lipinski definition) is 9. The summed E-state index contributed by atoms with van der Waals surface area (Å²) in [6.45, 7) is 0. The minimum Gasteiger partial charge on any atom is -0.302 e. The summed E-state index contributed by atoms with van der Waals surface area (Å²) in [4.78, 5) is 31.3. The maximum atomic E-state index is 12.1. The minimum atomic E-state index is -4.21. The summed E-state index contributed by atoms with van der Waals surface area (Å²) in [6, 6.07) is 6.50. The fourth-order valence-electron chi connectivity index (χ4n) is 1.82. The Balaban J connectivity index is 2.25. The average molecular weight is 383 g/mol. The average Bonchev–Trinajstić information content (AvgIpc) is 2.59. The third-order valence-electron chi connectivity index (χ3n) is 3.07. The second-order valence-electron chi connectivity index (χ2n) is 4.70. The summed E-state index contributed by atoms with van der Waals surface area (Å²) in [5, 5.41) is 32.2. The molecule has 136 valence electrons. The molecule has 0 radical (unpaired) electrons. The van der Waals surface area contributed by atoms with Crippen LogP contribution in [0.15, 0.2) is 47.4 Å². The number of non-ortho nitro benzene ring substituents is 2. The van der Waals surface area contributed by atoms with Gasteiger partial charge in [0.2, 0.25) is 0 Å². The van der Waals surface area contributed by atoms with E-state index in [-0.39, 0.29) is 16.3 Å². The van der Waals surface area contributed by atoms with Gasteiger partial charge in [0.15, 0.2) is 0 Å². The number of nitrogens with one attached hydrogen (secondary N) is 2. The van der Waals surface area contributed by atoms with E-state index in [1.165, 1.54) is 0 Å². The van der Waals surface area contributed by atoms with Gasteiger partial charge in [0.25, 0.3) is 21.4 Å². The topological polar surface area (TPSA) is 188 Å². The zero-order chi connectivity index (χ0) is 19.5. The Kier molecular flexibility index (Phi) is 5.08. The zero-order valence-corrected chi connectivity index (χ0v) is 13.4. The lowest BCUT2D eigenvalue weighted by atomic mass is 10.2. The van der Waals surface area contributed by atoms with Crippen LogP contribution in [0.25, 0.3) is 0 Å². The van der Waals surface area contributed by atoms with Crippen LogP contribution in [0.5, 0.6) is 0 Å². The minimum absolute atomic E-state index is 0.317. The van der Waals surface area contributed by atoms with E-state index in [1.807, 2.05) is 4.83 Å². The molecule has 0 spiro atoms. The fourth-order valence-corrected chi connectivity index (χ4v) is 2.68. The highest BCUT2D eigenvalue weighted by atomic mass is 32.2. The van der Waals surface area contributed by atoms with Crippen molar-refractivity contribution in [3.05, 3.63) is 72.8 Å². The Morgan fingerprint density at radius 1 is 0.769 bits per heavy atom. The van der Waals surface area contributed by atoms with E-state index in [4.69, 9.17) is 0 Å². The van der Waals surface area contributed by atoms with Crippen molar-refractivity contribution in [2.24, 2.45) is 0 Å². The van der Waals surface area contributed by atoms with Crippen molar-refractivity contribution in [1.82, 2.24) is 4.83 Å². The summed E-state index contributed by atoms with van der Waals surface area (Å²) in [7, 11) is -4.21. The van der Waals surface area contributed by atoms with E-state index in [9.17, 15) is 38.8 Å². The zero-order valence-electron chi connectivity index (χ0n) is 12.6. The van der Waals surface area contributed by atoms with Crippen LogP contribution in [0.4, 0.5) is 22.7 Å². The molecule has 0 atom stereocenters. The number of nitrogens with zero attached hydrogens (tertiary/aromatic N) is 3. The van der Waals surface area contributed by atoms with Gasteiger partial charge < -0.3 is 5.43 Å². The highest BCUT2D eigenvalue weighted by Gasteiger charge is 2.22. The van der Waals surface area contributed by atoms with Crippen LogP contribution < -0.4 is 10.3 Å². The number of rotatable bonds is 7. The van der Waals surface area contributed by atoms with Crippen LogP contribution in [0.2, 0.25) is 0 Å². The molecule has 0 heterocycles. The third kappa shape index (κ3) is 4.05. The summed E-state index contributed by atoms with van der Waals surface area (Å²) >= 11 is 0. The number of nitro benzene ring substituents is 3. The molecule has 0 bridgehead atoms. The van der Waals surface area contributed by atoms with Gasteiger partial charge in [0.05, 0.1) is 25.7 Å². The van der Waals surface area contributed by atoms with Gasteiger partial charge in [-0.2, -0.15) is 0 Å². The van der Waals surface area contributed by atoms with Crippen LogP contribution >= 0.6 is 0 Å². The van der Waals surface area contributed by atoms with E-state index >= 15 is 0 Å². The normalized spacial score (nSPS) is 10.9. The molecule has 2 rings (SSSR count). The van der Waals surface area contributed by atoms with E-state index in [2.05, 4.69) is 5.43 Å². The monoisotopic (exact) mass is 383 g/mol. The lowest BCUT2D eigenvalue weighted by molar-refractivity contribution is -0.393. The first-order valence-electron chi connectivity index (χ1n) is 6.57. The molecule has 0 aliphatic rings. The van der Waals surface area contributed by atoms with Gasteiger partial charge in [-0.15, -0.1) is 4.83 Å². The Bertz CT molecular complexity index is 989. The van der Waals surface area contributed by atoms with Crippen LogP contribution in [0.1, 0.15) is 0 Å². The molecular weight excluding hydrogens is 374 g/mol. The lowest BCUT2D eigenvalue weighted by Crippen LogP contribution is -2.29. The van der Waals surface area contributed by atoms with Crippen molar-refractivity contribution in [2.75, 3.05) is 5.43 Å². The predicted octanol–water partition coefficient (Wildman–Crippen LogP) is 1.72. The second kappa shape index (κ2) is 7.08. The van der Waals surface area contributed by atoms with Crippen molar-refractivity contribution in [3.63, 3.8) is 0 Å². The smallest absolute Gasteiger partial charge is 0.300 e. The standard InChI is InChI=1S/C12H9N5O8S/c18-15(19)8-1-4-10(5-2-8)26(24,25)14-13-11-6-3-9(16(20)21)7-12(11)17(22)23/h1-7,13-14H. The molecule has 2 N–H and O–H groups in total. The maximum absolute atomic E-state index is 12.1. The first-order chi connectivity index (χ1) is 12.1. The number of sulfonamides is 1. The number of benzene rings is 2. The van der Waals surface area contributed by atoms with E-state index in [0.717, 1.165) is 36.4 Å². The Hall–Kier alpha value is -3.65. The highest BCUT2D eigenvalue weighted by molar-refractivity contribution is 7.89. The highest BCUT2D eigenvalue weighted by Crippen LogP contribution is 2.28. The Labute approximate surface area is 144 Å². The molecule has 0 aliphatic carbocycles. The number of anilines is 1.